The number of hydrogen-bond donors (Lipinski definition) is 2. The van der Waals surface area contributed by atoms with Gasteiger partial charge in [-0.15, -0.1) is 0 Å². The second kappa shape index (κ2) is 8.12. The van der Waals surface area contributed by atoms with Crippen molar-refractivity contribution in [3.8, 4) is 5.69 Å². The van der Waals surface area contributed by atoms with E-state index in [1.54, 1.807) is 36.9 Å². The molecule has 0 aliphatic carbocycles. The molecule has 3 N–H and O–H groups in total. The van der Waals surface area contributed by atoms with Gasteiger partial charge in [0, 0.05) is 37.9 Å². The molecule has 1 saturated heterocycles. The van der Waals surface area contributed by atoms with Crippen LogP contribution in [0, 0.1) is 5.92 Å². The molecule has 3 aromatic heterocycles. The zero-order chi connectivity index (χ0) is 19.5. The fourth-order valence-electron chi connectivity index (χ4n) is 3.48. The maximum Gasteiger partial charge on any atom is 0.259 e. The van der Waals surface area contributed by atoms with E-state index in [9.17, 15) is 4.79 Å². The Hall–Kier alpha value is -2.71. The average Bonchev–Trinajstić information content (AvgIpc) is 3.35. The van der Waals surface area contributed by atoms with Crippen LogP contribution in [0.3, 0.4) is 0 Å². The Morgan fingerprint density at radius 2 is 2.07 bits per heavy atom. The summed E-state index contributed by atoms with van der Waals surface area (Å²) in [4.78, 5) is 23.3. The highest BCUT2D eigenvalue weighted by molar-refractivity contribution is 9.10. The van der Waals surface area contributed by atoms with E-state index >= 15 is 0 Å². The van der Waals surface area contributed by atoms with Gasteiger partial charge in [-0.05, 0) is 59.1 Å². The van der Waals surface area contributed by atoms with Gasteiger partial charge in [0.2, 0.25) is 0 Å². The molecule has 1 unspecified atom stereocenters. The summed E-state index contributed by atoms with van der Waals surface area (Å²) >= 11 is 3.72. The number of carbonyl (C=O) groups is 1. The number of amides is 1. The monoisotopic (exact) mass is 440 g/mol. The molecule has 1 aliphatic rings. The van der Waals surface area contributed by atoms with Crippen molar-refractivity contribution in [3.63, 3.8) is 0 Å². The molecule has 1 amide bonds. The number of nitrogens with one attached hydrogen (secondary N) is 1. The quantitative estimate of drug-likeness (QED) is 0.636. The minimum absolute atomic E-state index is 0.234. The molecular weight excluding hydrogens is 420 g/mol. The first kappa shape index (κ1) is 18.6. The molecule has 0 spiro atoms. The third-order valence-corrected chi connectivity index (χ3v) is 5.77. The van der Waals surface area contributed by atoms with Crippen LogP contribution in [-0.4, -0.2) is 40.1 Å². The largest absolute Gasteiger partial charge is 0.369 e. The van der Waals surface area contributed by atoms with Crippen LogP contribution in [0.4, 0.5) is 11.4 Å². The van der Waals surface area contributed by atoms with Crippen molar-refractivity contribution >= 4 is 33.2 Å². The maximum atomic E-state index is 12.8. The fraction of sp³-hybridized carbons (Fsp3) is 0.250. The zero-order valence-electron chi connectivity index (χ0n) is 15.3. The normalized spacial score (nSPS) is 16.4. The van der Waals surface area contributed by atoms with Crippen LogP contribution in [0.15, 0.2) is 59.9 Å². The highest BCUT2D eigenvalue weighted by atomic mass is 79.9. The number of hydrogen-bond acceptors (Lipinski definition) is 5. The van der Waals surface area contributed by atoms with Crippen LogP contribution >= 0.6 is 15.9 Å². The number of aromatic nitrogens is 3. The second-order valence-corrected chi connectivity index (χ2v) is 7.54. The molecule has 144 valence electrons. The highest BCUT2D eigenvalue weighted by Crippen LogP contribution is 2.34. The minimum Gasteiger partial charge on any atom is -0.369 e. The van der Waals surface area contributed by atoms with Gasteiger partial charge in [0.1, 0.15) is 4.60 Å². The summed E-state index contributed by atoms with van der Waals surface area (Å²) < 4.78 is 2.87. The Balaban J connectivity index is 1.63. The lowest BCUT2D eigenvalue weighted by molar-refractivity contribution is 0.102. The van der Waals surface area contributed by atoms with Gasteiger partial charge in [-0.1, -0.05) is 0 Å². The van der Waals surface area contributed by atoms with Gasteiger partial charge in [-0.3, -0.25) is 14.8 Å². The fourth-order valence-corrected chi connectivity index (χ4v) is 4.17. The van der Waals surface area contributed by atoms with E-state index in [-0.39, 0.29) is 5.91 Å². The number of nitrogens with zero attached hydrogens (tertiary/aromatic N) is 4. The third-order valence-electron chi connectivity index (χ3n) is 4.99. The number of anilines is 2. The lowest BCUT2D eigenvalue weighted by atomic mass is 10.1. The van der Waals surface area contributed by atoms with E-state index in [2.05, 4.69) is 42.2 Å². The van der Waals surface area contributed by atoms with Gasteiger partial charge in [-0.25, -0.2) is 0 Å². The molecule has 0 saturated carbocycles. The van der Waals surface area contributed by atoms with Gasteiger partial charge in [0.15, 0.2) is 0 Å². The summed E-state index contributed by atoms with van der Waals surface area (Å²) in [6, 6.07) is 7.47. The topological polar surface area (TPSA) is 89.1 Å². The number of carbonyl (C=O) groups excluding carboxylic acids is 1. The van der Waals surface area contributed by atoms with E-state index in [0.29, 0.717) is 23.7 Å². The number of pyridine rings is 2. The SMILES string of the molecule is NCC1CCN(c2ccn(-c3ccncc3C(=O)Nc3cccnc3)c2Br)C1. The summed E-state index contributed by atoms with van der Waals surface area (Å²) in [5.74, 6) is 0.291. The van der Waals surface area contributed by atoms with E-state index in [1.807, 2.05) is 16.8 Å². The Labute approximate surface area is 171 Å². The molecule has 0 radical (unpaired) electrons. The molecule has 4 rings (SSSR count). The Bertz CT molecular complexity index is 974. The number of rotatable bonds is 5. The zero-order valence-corrected chi connectivity index (χ0v) is 16.8. The summed E-state index contributed by atoms with van der Waals surface area (Å²) in [7, 11) is 0. The maximum absolute atomic E-state index is 12.8. The first-order valence-corrected chi connectivity index (χ1v) is 9.94. The van der Waals surface area contributed by atoms with Crippen molar-refractivity contribution in [3.05, 3.63) is 65.4 Å². The van der Waals surface area contributed by atoms with Gasteiger partial charge < -0.3 is 20.5 Å². The smallest absolute Gasteiger partial charge is 0.259 e. The van der Waals surface area contributed by atoms with Gasteiger partial charge >= 0.3 is 0 Å². The van der Waals surface area contributed by atoms with Crippen LogP contribution < -0.4 is 16.0 Å². The van der Waals surface area contributed by atoms with Crippen LogP contribution in [0.1, 0.15) is 16.8 Å². The number of nitrogens with two attached hydrogens (primary N) is 1. The van der Waals surface area contributed by atoms with Crippen molar-refractivity contribution < 1.29 is 4.79 Å². The lowest BCUT2D eigenvalue weighted by Crippen LogP contribution is -2.22. The lowest BCUT2D eigenvalue weighted by Gasteiger charge is -2.18. The van der Waals surface area contributed by atoms with Crippen molar-refractivity contribution in [2.45, 2.75) is 6.42 Å². The second-order valence-electron chi connectivity index (χ2n) is 6.79. The molecule has 1 aliphatic heterocycles. The van der Waals surface area contributed by atoms with Crippen molar-refractivity contribution in [2.75, 3.05) is 29.9 Å². The number of halogens is 1. The standard InChI is InChI=1S/C20H21BrN6O/c21-19-18(26-8-4-14(10-22)13-26)5-9-27(19)17-3-7-24-12-16(17)20(28)25-15-2-1-6-23-11-15/h1-3,5-7,9,11-12,14H,4,8,10,13,22H2,(H,25,28). The predicted octanol–water partition coefficient (Wildman–Crippen LogP) is 3.07. The summed E-state index contributed by atoms with van der Waals surface area (Å²) in [5.41, 5.74) is 8.80. The Kier molecular flexibility index (Phi) is 5.40. The predicted molar refractivity (Wildman–Crippen MR) is 113 cm³/mol. The molecule has 1 atom stereocenters. The van der Waals surface area contributed by atoms with Gasteiger partial charge in [0.25, 0.3) is 5.91 Å². The molecule has 28 heavy (non-hydrogen) atoms. The van der Waals surface area contributed by atoms with Crippen LogP contribution in [0.5, 0.6) is 0 Å². The van der Waals surface area contributed by atoms with Crippen molar-refractivity contribution in [1.29, 1.82) is 0 Å². The first-order chi connectivity index (χ1) is 13.7. The van der Waals surface area contributed by atoms with E-state index in [1.165, 1.54) is 0 Å². The minimum atomic E-state index is -0.234. The summed E-state index contributed by atoms with van der Waals surface area (Å²) in [6.07, 6.45) is 9.60. The Morgan fingerprint density at radius 1 is 1.21 bits per heavy atom. The molecule has 4 heterocycles. The summed E-state index contributed by atoms with van der Waals surface area (Å²) in [5, 5.41) is 2.87. The molecule has 7 nitrogen and oxygen atoms in total. The van der Waals surface area contributed by atoms with Crippen LogP contribution in [0.2, 0.25) is 0 Å². The van der Waals surface area contributed by atoms with Gasteiger partial charge in [-0.2, -0.15) is 0 Å². The van der Waals surface area contributed by atoms with Crippen LogP contribution in [0.25, 0.3) is 5.69 Å². The molecule has 0 aromatic carbocycles. The van der Waals surface area contributed by atoms with Crippen molar-refractivity contribution in [1.82, 2.24) is 14.5 Å². The van der Waals surface area contributed by atoms with Crippen LogP contribution in [-0.2, 0) is 0 Å². The summed E-state index contributed by atoms with van der Waals surface area (Å²) in [6.45, 7) is 2.64. The molecule has 0 bridgehead atoms. The molecular formula is C20H21BrN6O. The van der Waals surface area contributed by atoms with Crippen molar-refractivity contribution in [2.24, 2.45) is 11.7 Å². The first-order valence-electron chi connectivity index (χ1n) is 9.15. The van der Waals surface area contributed by atoms with E-state index in [4.69, 9.17) is 5.73 Å². The van der Waals surface area contributed by atoms with E-state index in [0.717, 1.165) is 35.5 Å². The Morgan fingerprint density at radius 3 is 2.82 bits per heavy atom. The third kappa shape index (κ3) is 3.65. The molecule has 3 aromatic rings. The highest BCUT2D eigenvalue weighted by Gasteiger charge is 2.25. The average molecular weight is 441 g/mol. The van der Waals surface area contributed by atoms with E-state index < -0.39 is 0 Å². The molecule has 8 heteroatoms. The van der Waals surface area contributed by atoms with Gasteiger partial charge in [0.05, 0.1) is 28.8 Å². The molecule has 1 fully saturated rings.